The van der Waals surface area contributed by atoms with Crippen molar-refractivity contribution in [1.82, 2.24) is 14.7 Å². The van der Waals surface area contributed by atoms with Crippen molar-refractivity contribution in [2.24, 2.45) is 0 Å². The predicted molar refractivity (Wildman–Crippen MR) is 130 cm³/mol. The Morgan fingerprint density at radius 2 is 1.79 bits per heavy atom. The average Bonchev–Trinajstić information content (AvgIpc) is 3.40. The van der Waals surface area contributed by atoms with Gasteiger partial charge in [0.1, 0.15) is 5.82 Å². The fourth-order valence-electron chi connectivity index (χ4n) is 3.51. The molecule has 4 rings (SSSR count). The SMILES string of the molecule is COc1cc(C=CC(=O)NCc2sc3nc(-c4ccc(F)cc4)cn3c2C)cc(OC)c1OC. The molecule has 2 heterocycles. The van der Waals surface area contributed by atoms with Crippen LogP contribution in [0.4, 0.5) is 4.39 Å². The fourth-order valence-corrected chi connectivity index (χ4v) is 4.56. The number of halogens is 1. The van der Waals surface area contributed by atoms with Crippen LogP contribution in [0.2, 0.25) is 0 Å². The highest BCUT2D eigenvalue weighted by Crippen LogP contribution is 2.38. The number of amides is 1. The number of fused-ring (bicyclic) bond motifs is 1. The Bertz CT molecular complexity index is 1330. The quantitative estimate of drug-likeness (QED) is 0.364. The van der Waals surface area contributed by atoms with Gasteiger partial charge in [0, 0.05) is 28.4 Å². The van der Waals surface area contributed by atoms with E-state index in [0.717, 1.165) is 32.4 Å². The highest BCUT2D eigenvalue weighted by Gasteiger charge is 2.14. The maximum Gasteiger partial charge on any atom is 0.244 e. The molecule has 34 heavy (non-hydrogen) atoms. The monoisotopic (exact) mass is 481 g/mol. The summed E-state index contributed by atoms with van der Waals surface area (Å²) >= 11 is 1.50. The minimum atomic E-state index is -0.279. The Balaban J connectivity index is 1.44. The van der Waals surface area contributed by atoms with Crippen molar-refractivity contribution in [2.45, 2.75) is 13.5 Å². The number of thiazole rings is 1. The third-order valence-corrected chi connectivity index (χ3v) is 6.49. The molecule has 0 unspecified atom stereocenters. The van der Waals surface area contributed by atoms with Gasteiger partial charge in [-0.15, -0.1) is 0 Å². The summed E-state index contributed by atoms with van der Waals surface area (Å²) in [4.78, 5) is 18.9. The van der Waals surface area contributed by atoms with Crippen LogP contribution in [-0.4, -0.2) is 36.6 Å². The number of methoxy groups -OCH3 is 3. The lowest BCUT2D eigenvalue weighted by Gasteiger charge is -2.12. The predicted octanol–water partition coefficient (Wildman–Crippen LogP) is 4.87. The van der Waals surface area contributed by atoms with Crippen LogP contribution >= 0.6 is 11.3 Å². The summed E-state index contributed by atoms with van der Waals surface area (Å²) in [6, 6.07) is 9.78. The number of benzene rings is 2. The number of imidazole rings is 1. The molecule has 0 spiro atoms. The van der Waals surface area contributed by atoms with Gasteiger partial charge in [-0.1, -0.05) is 11.3 Å². The number of carbonyl (C=O) groups excluding carboxylic acids is 1. The summed E-state index contributed by atoms with van der Waals surface area (Å²) in [5, 5.41) is 2.91. The maximum atomic E-state index is 13.2. The van der Waals surface area contributed by atoms with E-state index >= 15 is 0 Å². The zero-order valence-electron chi connectivity index (χ0n) is 19.2. The zero-order valence-corrected chi connectivity index (χ0v) is 20.0. The number of aryl methyl sites for hydroxylation is 1. The molecule has 2 aromatic heterocycles. The first-order chi connectivity index (χ1) is 16.4. The van der Waals surface area contributed by atoms with Crippen LogP contribution < -0.4 is 19.5 Å². The van der Waals surface area contributed by atoms with E-state index < -0.39 is 0 Å². The number of carbonyl (C=O) groups is 1. The normalized spacial score (nSPS) is 11.2. The van der Waals surface area contributed by atoms with Crippen molar-refractivity contribution in [3.8, 4) is 28.5 Å². The lowest BCUT2D eigenvalue weighted by Crippen LogP contribution is -2.20. The second kappa shape index (κ2) is 9.96. The molecular weight excluding hydrogens is 457 g/mol. The molecule has 4 aromatic rings. The molecule has 0 aliphatic heterocycles. The third-order valence-electron chi connectivity index (χ3n) is 5.33. The van der Waals surface area contributed by atoms with E-state index in [-0.39, 0.29) is 11.7 Å². The number of aromatic nitrogens is 2. The number of nitrogens with one attached hydrogen (secondary N) is 1. The van der Waals surface area contributed by atoms with E-state index in [4.69, 9.17) is 14.2 Å². The molecule has 176 valence electrons. The van der Waals surface area contributed by atoms with E-state index in [1.54, 1.807) is 44.6 Å². The molecule has 0 fully saturated rings. The first-order valence-electron chi connectivity index (χ1n) is 10.4. The van der Waals surface area contributed by atoms with E-state index in [9.17, 15) is 9.18 Å². The van der Waals surface area contributed by atoms with Gasteiger partial charge in [0.05, 0.1) is 33.6 Å². The van der Waals surface area contributed by atoms with Gasteiger partial charge in [0.15, 0.2) is 16.5 Å². The van der Waals surface area contributed by atoms with Crippen LogP contribution in [0.1, 0.15) is 16.1 Å². The molecule has 0 atom stereocenters. The fraction of sp³-hybridized carbons (Fsp3) is 0.200. The van der Waals surface area contributed by atoms with Gasteiger partial charge in [-0.3, -0.25) is 9.20 Å². The van der Waals surface area contributed by atoms with Crippen LogP contribution in [0.5, 0.6) is 17.2 Å². The third kappa shape index (κ3) is 4.74. The lowest BCUT2D eigenvalue weighted by atomic mass is 10.1. The number of nitrogens with zero attached hydrogens (tertiary/aromatic N) is 2. The van der Waals surface area contributed by atoms with E-state index in [2.05, 4.69) is 10.3 Å². The summed E-state index contributed by atoms with van der Waals surface area (Å²) in [7, 11) is 4.62. The summed E-state index contributed by atoms with van der Waals surface area (Å²) in [6.45, 7) is 2.36. The van der Waals surface area contributed by atoms with Gasteiger partial charge < -0.3 is 19.5 Å². The van der Waals surface area contributed by atoms with Crippen molar-refractivity contribution in [1.29, 1.82) is 0 Å². The molecule has 0 bridgehead atoms. The van der Waals surface area contributed by atoms with Gasteiger partial charge in [-0.25, -0.2) is 9.37 Å². The topological polar surface area (TPSA) is 74.1 Å². The lowest BCUT2D eigenvalue weighted by molar-refractivity contribution is -0.116. The molecule has 0 saturated carbocycles. The van der Waals surface area contributed by atoms with Gasteiger partial charge >= 0.3 is 0 Å². The van der Waals surface area contributed by atoms with Gasteiger partial charge in [-0.05, 0) is 55.0 Å². The molecule has 9 heteroatoms. The minimum Gasteiger partial charge on any atom is -0.493 e. The molecule has 1 amide bonds. The van der Waals surface area contributed by atoms with Crippen molar-refractivity contribution in [2.75, 3.05) is 21.3 Å². The summed E-state index contributed by atoms with van der Waals surface area (Å²) in [5.74, 6) is 1.01. The summed E-state index contributed by atoms with van der Waals surface area (Å²) in [5.41, 5.74) is 3.36. The second-order valence-electron chi connectivity index (χ2n) is 7.41. The summed E-state index contributed by atoms with van der Waals surface area (Å²) in [6.07, 6.45) is 5.06. The van der Waals surface area contributed by atoms with Crippen molar-refractivity contribution >= 4 is 28.3 Å². The minimum absolute atomic E-state index is 0.230. The Hall–Kier alpha value is -3.85. The van der Waals surface area contributed by atoms with Crippen LogP contribution in [0, 0.1) is 12.7 Å². The highest BCUT2D eigenvalue weighted by molar-refractivity contribution is 7.17. The molecule has 0 radical (unpaired) electrons. The smallest absolute Gasteiger partial charge is 0.244 e. The largest absolute Gasteiger partial charge is 0.493 e. The molecule has 2 aromatic carbocycles. The molecule has 1 N–H and O–H groups in total. The highest BCUT2D eigenvalue weighted by atomic mass is 32.1. The average molecular weight is 482 g/mol. The molecule has 7 nitrogen and oxygen atoms in total. The van der Waals surface area contributed by atoms with Gasteiger partial charge in [0.2, 0.25) is 11.7 Å². The molecule has 0 saturated heterocycles. The van der Waals surface area contributed by atoms with Crippen LogP contribution in [0.25, 0.3) is 22.3 Å². The molecular formula is C25H24FN3O4S. The van der Waals surface area contributed by atoms with E-state index in [1.807, 2.05) is 17.5 Å². The molecule has 0 aliphatic rings. The molecule has 0 aliphatic carbocycles. The van der Waals surface area contributed by atoms with Gasteiger partial charge in [-0.2, -0.15) is 0 Å². The van der Waals surface area contributed by atoms with Crippen LogP contribution in [0.3, 0.4) is 0 Å². The van der Waals surface area contributed by atoms with E-state index in [1.165, 1.54) is 36.7 Å². The van der Waals surface area contributed by atoms with Crippen molar-refractivity contribution < 1.29 is 23.4 Å². The van der Waals surface area contributed by atoms with Gasteiger partial charge in [0.25, 0.3) is 0 Å². The standard InChI is InChI=1S/C25H24FN3O4S/c1-15-22(34-25-28-19(14-29(15)25)17-6-8-18(26)9-7-17)13-27-23(30)10-5-16-11-20(31-2)24(33-4)21(12-16)32-3/h5-12,14H,13H2,1-4H3,(H,27,30). The Morgan fingerprint density at radius 3 is 2.38 bits per heavy atom. The van der Waals surface area contributed by atoms with Crippen LogP contribution in [0.15, 0.2) is 48.7 Å². The van der Waals surface area contributed by atoms with Crippen molar-refractivity contribution in [3.05, 3.63) is 70.6 Å². The number of hydrogen-bond donors (Lipinski definition) is 1. The Kier molecular flexibility index (Phi) is 6.83. The first-order valence-corrected chi connectivity index (χ1v) is 11.2. The Morgan fingerprint density at radius 1 is 1.12 bits per heavy atom. The number of ether oxygens (including phenoxy) is 3. The Labute approximate surface area is 200 Å². The zero-order chi connectivity index (χ0) is 24.2. The first kappa shape index (κ1) is 23.3. The van der Waals surface area contributed by atoms with Crippen LogP contribution in [-0.2, 0) is 11.3 Å². The maximum absolute atomic E-state index is 13.2. The van der Waals surface area contributed by atoms with Crippen molar-refractivity contribution in [3.63, 3.8) is 0 Å². The van der Waals surface area contributed by atoms with E-state index in [0.29, 0.717) is 23.8 Å². The second-order valence-corrected chi connectivity index (χ2v) is 8.47. The number of hydrogen-bond acceptors (Lipinski definition) is 6. The number of rotatable bonds is 8. The summed E-state index contributed by atoms with van der Waals surface area (Å²) < 4.78 is 31.2.